The summed E-state index contributed by atoms with van der Waals surface area (Å²) in [5, 5.41) is 12.9. The molecule has 1 saturated heterocycles. The Morgan fingerprint density at radius 3 is 2.75 bits per heavy atom. The molecular formula is C10H20N2O4. The SMILES string of the molecule is CC(C)(C)OC(=O)NOCC1(O)CCNC1. The minimum absolute atomic E-state index is 0.0548. The van der Waals surface area contributed by atoms with E-state index in [0.29, 0.717) is 13.0 Å². The van der Waals surface area contributed by atoms with Crippen molar-refractivity contribution in [3.63, 3.8) is 0 Å². The molecule has 1 amide bonds. The van der Waals surface area contributed by atoms with Crippen molar-refractivity contribution in [1.82, 2.24) is 10.8 Å². The summed E-state index contributed by atoms with van der Waals surface area (Å²) in [5.74, 6) is 0. The summed E-state index contributed by atoms with van der Waals surface area (Å²) >= 11 is 0. The second-order valence-corrected chi connectivity index (χ2v) is 5.04. The van der Waals surface area contributed by atoms with Crippen molar-refractivity contribution < 1.29 is 19.5 Å². The molecule has 1 heterocycles. The Morgan fingerprint density at radius 1 is 1.56 bits per heavy atom. The highest BCUT2D eigenvalue weighted by molar-refractivity contribution is 5.66. The molecule has 1 aliphatic rings. The van der Waals surface area contributed by atoms with Gasteiger partial charge < -0.3 is 15.2 Å². The summed E-state index contributed by atoms with van der Waals surface area (Å²) in [5.41, 5.74) is 0.692. The van der Waals surface area contributed by atoms with Gasteiger partial charge in [-0.3, -0.25) is 4.84 Å². The van der Waals surface area contributed by atoms with Gasteiger partial charge in [0.05, 0.1) is 0 Å². The lowest BCUT2D eigenvalue weighted by Gasteiger charge is -2.22. The number of aliphatic hydroxyl groups is 1. The van der Waals surface area contributed by atoms with Gasteiger partial charge in [0.2, 0.25) is 0 Å². The second-order valence-electron chi connectivity index (χ2n) is 5.04. The number of nitrogens with one attached hydrogen (secondary N) is 2. The highest BCUT2D eigenvalue weighted by atomic mass is 16.7. The molecule has 16 heavy (non-hydrogen) atoms. The zero-order valence-corrected chi connectivity index (χ0v) is 10.0. The molecular weight excluding hydrogens is 212 g/mol. The van der Waals surface area contributed by atoms with Gasteiger partial charge in [0, 0.05) is 6.54 Å². The maximum atomic E-state index is 11.2. The summed E-state index contributed by atoms with van der Waals surface area (Å²) in [6.07, 6.45) is -0.0368. The molecule has 0 aromatic carbocycles. The first-order chi connectivity index (χ1) is 7.31. The Bertz CT molecular complexity index is 244. The molecule has 6 nitrogen and oxygen atoms in total. The van der Waals surface area contributed by atoms with E-state index >= 15 is 0 Å². The standard InChI is InChI=1S/C10H20N2O4/c1-9(2,3)16-8(13)12-15-7-10(14)4-5-11-6-10/h11,14H,4-7H2,1-3H3,(H,12,13). The van der Waals surface area contributed by atoms with Gasteiger partial charge in [-0.2, -0.15) is 5.48 Å². The number of carbonyl (C=O) groups is 1. The number of ether oxygens (including phenoxy) is 1. The largest absolute Gasteiger partial charge is 0.442 e. The van der Waals surface area contributed by atoms with Crippen LogP contribution in [0.4, 0.5) is 4.79 Å². The van der Waals surface area contributed by atoms with Gasteiger partial charge in [-0.15, -0.1) is 0 Å². The topological polar surface area (TPSA) is 79.8 Å². The molecule has 1 atom stereocenters. The van der Waals surface area contributed by atoms with Crippen LogP contribution in [-0.4, -0.2) is 42.1 Å². The van der Waals surface area contributed by atoms with E-state index in [2.05, 4.69) is 10.8 Å². The monoisotopic (exact) mass is 232 g/mol. The number of amides is 1. The fourth-order valence-corrected chi connectivity index (χ4v) is 1.38. The third kappa shape index (κ3) is 4.78. The van der Waals surface area contributed by atoms with Crippen molar-refractivity contribution in [2.75, 3.05) is 19.7 Å². The first kappa shape index (κ1) is 13.2. The molecule has 0 saturated carbocycles. The van der Waals surface area contributed by atoms with E-state index < -0.39 is 17.3 Å². The maximum Gasteiger partial charge on any atom is 0.431 e. The van der Waals surface area contributed by atoms with Gasteiger partial charge in [0.15, 0.2) is 0 Å². The molecule has 1 fully saturated rings. The molecule has 94 valence electrons. The van der Waals surface area contributed by atoms with Crippen LogP contribution in [0.1, 0.15) is 27.2 Å². The van der Waals surface area contributed by atoms with Crippen LogP contribution >= 0.6 is 0 Å². The van der Waals surface area contributed by atoms with Crippen molar-refractivity contribution in [1.29, 1.82) is 0 Å². The molecule has 0 radical (unpaired) electrons. The zero-order chi connectivity index (χ0) is 12.2. The van der Waals surface area contributed by atoms with Crippen LogP contribution in [0.5, 0.6) is 0 Å². The van der Waals surface area contributed by atoms with Crippen LogP contribution in [0.2, 0.25) is 0 Å². The van der Waals surface area contributed by atoms with Crippen molar-refractivity contribution >= 4 is 6.09 Å². The van der Waals surface area contributed by atoms with Gasteiger partial charge >= 0.3 is 6.09 Å². The van der Waals surface area contributed by atoms with E-state index in [-0.39, 0.29) is 6.61 Å². The van der Waals surface area contributed by atoms with Gasteiger partial charge in [-0.05, 0) is 33.7 Å². The van der Waals surface area contributed by atoms with Gasteiger partial charge in [0.1, 0.15) is 17.8 Å². The van der Waals surface area contributed by atoms with Crippen LogP contribution in [0, 0.1) is 0 Å². The number of carbonyl (C=O) groups excluding carboxylic acids is 1. The zero-order valence-electron chi connectivity index (χ0n) is 10.0. The van der Waals surface area contributed by atoms with Crippen molar-refractivity contribution in [2.45, 2.75) is 38.4 Å². The van der Waals surface area contributed by atoms with E-state index in [1.807, 2.05) is 0 Å². The molecule has 1 aliphatic heterocycles. The fraction of sp³-hybridized carbons (Fsp3) is 0.900. The molecule has 1 unspecified atom stereocenters. The maximum absolute atomic E-state index is 11.2. The number of hydrogen-bond acceptors (Lipinski definition) is 5. The molecule has 0 aromatic rings. The summed E-state index contributed by atoms with van der Waals surface area (Å²) in [6.45, 7) is 6.58. The molecule has 0 aliphatic carbocycles. The molecule has 0 spiro atoms. The first-order valence-corrected chi connectivity index (χ1v) is 5.35. The Hall–Kier alpha value is -0.850. The minimum Gasteiger partial charge on any atom is -0.442 e. The predicted molar refractivity (Wildman–Crippen MR) is 57.8 cm³/mol. The molecule has 0 aromatic heterocycles. The highest BCUT2D eigenvalue weighted by Gasteiger charge is 2.31. The van der Waals surface area contributed by atoms with Gasteiger partial charge in [-0.1, -0.05) is 0 Å². The number of hydroxylamine groups is 1. The van der Waals surface area contributed by atoms with E-state index in [9.17, 15) is 9.90 Å². The lowest BCUT2D eigenvalue weighted by atomic mass is 10.1. The Kier molecular flexibility index (Phi) is 4.12. The van der Waals surface area contributed by atoms with Crippen LogP contribution in [0.3, 0.4) is 0 Å². The smallest absolute Gasteiger partial charge is 0.431 e. The quantitative estimate of drug-likeness (QED) is 0.604. The average Bonchev–Trinajstić information content (AvgIpc) is 2.49. The van der Waals surface area contributed by atoms with Crippen molar-refractivity contribution in [3.8, 4) is 0 Å². The summed E-state index contributed by atoms with van der Waals surface area (Å²) < 4.78 is 4.96. The van der Waals surface area contributed by atoms with Crippen LogP contribution in [-0.2, 0) is 9.57 Å². The number of rotatable bonds is 3. The first-order valence-electron chi connectivity index (χ1n) is 5.35. The third-order valence-corrected chi connectivity index (χ3v) is 2.12. The lowest BCUT2D eigenvalue weighted by Crippen LogP contribution is -2.41. The van der Waals surface area contributed by atoms with E-state index in [4.69, 9.17) is 9.57 Å². The average molecular weight is 232 g/mol. The van der Waals surface area contributed by atoms with Gasteiger partial charge in [-0.25, -0.2) is 4.79 Å². The minimum atomic E-state index is -0.894. The molecule has 3 N–H and O–H groups in total. The normalized spacial score (nSPS) is 25.5. The van der Waals surface area contributed by atoms with Crippen LogP contribution in [0.15, 0.2) is 0 Å². The van der Waals surface area contributed by atoms with Crippen LogP contribution < -0.4 is 10.8 Å². The fourth-order valence-electron chi connectivity index (χ4n) is 1.38. The summed E-state index contributed by atoms with van der Waals surface area (Å²) in [6, 6.07) is 0. The van der Waals surface area contributed by atoms with Gasteiger partial charge in [0.25, 0.3) is 0 Å². The summed E-state index contributed by atoms with van der Waals surface area (Å²) in [7, 11) is 0. The Morgan fingerprint density at radius 2 is 2.25 bits per heavy atom. The molecule has 1 rings (SSSR count). The van der Waals surface area contributed by atoms with E-state index in [1.165, 1.54) is 0 Å². The third-order valence-electron chi connectivity index (χ3n) is 2.12. The predicted octanol–water partition coefficient (Wildman–Crippen LogP) is 0.167. The number of hydrogen-bond donors (Lipinski definition) is 3. The van der Waals surface area contributed by atoms with E-state index in [1.54, 1.807) is 20.8 Å². The summed E-state index contributed by atoms with van der Waals surface area (Å²) in [4.78, 5) is 16.1. The molecule has 6 heteroatoms. The van der Waals surface area contributed by atoms with Crippen LogP contribution in [0.25, 0.3) is 0 Å². The molecule has 0 bridgehead atoms. The lowest BCUT2D eigenvalue weighted by molar-refractivity contribution is -0.0727. The van der Waals surface area contributed by atoms with E-state index in [0.717, 1.165) is 6.54 Å². The van der Waals surface area contributed by atoms with Crippen molar-refractivity contribution in [2.24, 2.45) is 0 Å². The van der Waals surface area contributed by atoms with Crippen molar-refractivity contribution in [3.05, 3.63) is 0 Å². The second kappa shape index (κ2) is 4.99. The Labute approximate surface area is 95.3 Å². The highest BCUT2D eigenvalue weighted by Crippen LogP contribution is 2.13. The Balaban J connectivity index is 2.18. The number of β-amino-alcohol motifs (C(OH)–C–C–N with tert-alkyl or cyclic N) is 1.